The number of ether oxygens (including phenoxy) is 1. The Morgan fingerprint density at radius 3 is 2.81 bits per heavy atom. The lowest BCUT2D eigenvalue weighted by Gasteiger charge is -2.44. The van der Waals surface area contributed by atoms with Gasteiger partial charge < -0.3 is 9.64 Å². The molecule has 4 heteroatoms. The fourth-order valence-electron chi connectivity index (χ4n) is 2.78. The van der Waals surface area contributed by atoms with Gasteiger partial charge in [0.2, 0.25) is 5.91 Å². The number of carbonyl (C=O) groups is 1. The minimum Gasteiger partial charge on any atom is -0.373 e. The van der Waals surface area contributed by atoms with E-state index in [1.165, 1.54) is 6.42 Å². The Balaban J connectivity index is 1.94. The van der Waals surface area contributed by atoms with E-state index in [0.29, 0.717) is 12.3 Å². The largest absolute Gasteiger partial charge is 0.373 e. The van der Waals surface area contributed by atoms with Crippen LogP contribution in [-0.4, -0.2) is 42.0 Å². The van der Waals surface area contributed by atoms with E-state index in [9.17, 15) is 4.79 Å². The van der Waals surface area contributed by atoms with Crippen molar-refractivity contribution in [2.24, 2.45) is 0 Å². The van der Waals surface area contributed by atoms with Gasteiger partial charge in [-0.2, -0.15) is 0 Å². The first-order chi connectivity index (χ1) is 7.76. The highest BCUT2D eigenvalue weighted by molar-refractivity contribution is 6.18. The molecule has 1 atom stereocenters. The van der Waals surface area contributed by atoms with Crippen molar-refractivity contribution in [1.82, 2.24) is 4.90 Å². The fourth-order valence-corrected chi connectivity index (χ4v) is 2.94. The van der Waals surface area contributed by atoms with Crippen molar-refractivity contribution in [2.45, 2.75) is 44.1 Å². The van der Waals surface area contributed by atoms with Gasteiger partial charge in [0, 0.05) is 32.0 Å². The smallest absolute Gasteiger partial charge is 0.223 e. The van der Waals surface area contributed by atoms with Crippen molar-refractivity contribution >= 4 is 17.5 Å². The number of amides is 1. The number of halogens is 1. The van der Waals surface area contributed by atoms with Gasteiger partial charge in [0.15, 0.2) is 0 Å². The van der Waals surface area contributed by atoms with Crippen molar-refractivity contribution in [3.63, 3.8) is 0 Å². The Morgan fingerprint density at radius 1 is 1.31 bits per heavy atom. The van der Waals surface area contributed by atoms with E-state index >= 15 is 0 Å². The zero-order valence-electron chi connectivity index (χ0n) is 9.71. The predicted octanol–water partition coefficient (Wildman–Crippen LogP) is 2.18. The van der Waals surface area contributed by atoms with Crippen LogP contribution in [0.4, 0.5) is 0 Å². The summed E-state index contributed by atoms with van der Waals surface area (Å²) in [7, 11) is 0. The Morgan fingerprint density at radius 2 is 2.12 bits per heavy atom. The molecule has 0 aromatic carbocycles. The maximum atomic E-state index is 11.8. The van der Waals surface area contributed by atoms with Crippen molar-refractivity contribution < 1.29 is 9.53 Å². The minimum atomic E-state index is -0.0293. The van der Waals surface area contributed by atoms with Gasteiger partial charge in [0.25, 0.3) is 0 Å². The number of hydrogen-bond donors (Lipinski definition) is 0. The van der Waals surface area contributed by atoms with Gasteiger partial charge in [-0.3, -0.25) is 4.79 Å². The van der Waals surface area contributed by atoms with Crippen molar-refractivity contribution in [2.75, 3.05) is 25.6 Å². The number of carbonyl (C=O) groups excluding carboxylic acids is 1. The summed E-state index contributed by atoms with van der Waals surface area (Å²) in [5, 5.41) is 0. The summed E-state index contributed by atoms with van der Waals surface area (Å²) < 4.78 is 5.94. The summed E-state index contributed by atoms with van der Waals surface area (Å²) in [6, 6.07) is 0. The van der Waals surface area contributed by atoms with Gasteiger partial charge in [0.1, 0.15) is 0 Å². The average molecular weight is 246 g/mol. The molecule has 0 aromatic rings. The molecule has 0 radical (unpaired) electrons. The van der Waals surface area contributed by atoms with Crippen LogP contribution in [0.25, 0.3) is 0 Å². The lowest BCUT2D eigenvalue weighted by atomic mass is 9.85. The number of nitrogens with zero attached hydrogens (tertiary/aromatic N) is 1. The Hall–Kier alpha value is -0.280. The van der Waals surface area contributed by atoms with E-state index in [0.717, 1.165) is 45.4 Å². The van der Waals surface area contributed by atoms with E-state index in [2.05, 4.69) is 0 Å². The van der Waals surface area contributed by atoms with Crippen LogP contribution in [0, 0.1) is 0 Å². The third kappa shape index (κ3) is 2.69. The molecular weight excluding hydrogens is 226 g/mol. The zero-order chi connectivity index (χ0) is 11.4. The second-order valence-corrected chi connectivity index (χ2v) is 5.22. The molecule has 2 fully saturated rings. The predicted molar refractivity (Wildman–Crippen MR) is 63.7 cm³/mol. The third-order valence-electron chi connectivity index (χ3n) is 3.64. The summed E-state index contributed by atoms with van der Waals surface area (Å²) in [5.74, 6) is 0.603. The standard InChI is InChI=1S/C12H20ClNO2/c13-7-4-11(15)14-8-3-6-12(10-14)5-1-2-9-16-12/h1-10H2/t12-/m1/s1. The minimum absolute atomic E-state index is 0.0293. The summed E-state index contributed by atoms with van der Waals surface area (Å²) in [5.41, 5.74) is -0.0293. The quantitative estimate of drug-likeness (QED) is 0.698. The first-order valence-electron chi connectivity index (χ1n) is 6.23. The molecule has 92 valence electrons. The van der Waals surface area contributed by atoms with E-state index in [1.807, 2.05) is 4.90 Å². The molecule has 0 unspecified atom stereocenters. The second kappa shape index (κ2) is 5.37. The Labute approximate surface area is 102 Å². The topological polar surface area (TPSA) is 29.5 Å². The van der Waals surface area contributed by atoms with Gasteiger partial charge in [-0.1, -0.05) is 0 Å². The van der Waals surface area contributed by atoms with Gasteiger partial charge in [-0.15, -0.1) is 11.6 Å². The molecule has 16 heavy (non-hydrogen) atoms. The number of likely N-dealkylation sites (tertiary alicyclic amines) is 1. The Kier molecular flexibility index (Phi) is 4.09. The van der Waals surface area contributed by atoms with Crippen LogP contribution in [0.2, 0.25) is 0 Å². The highest BCUT2D eigenvalue weighted by Gasteiger charge is 2.38. The Bertz CT molecular complexity index is 246. The molecular formula is C12H20ClNO2. The van der Waals surface area contributed by atoms with Crippen molar-refractivity contribution in [3.05, 3.63) is 0 Å². The van der Waals surface area contributed by atoms with Gasteiger partial charge in [-0.05, 0) is 32.1 Å². The second-order valence-electron chi connectivity index (χ2n) is 4.85. The van der Waals surface area contributed by atoms with Crippen molar-refractivity contribution in [3.8, 4) is 0 Å². The van der Waals surface area contributed by atoms with E-state index in [4.69, 9.17) is 16.3 Å². The molecule has 2 heterocycles. The summed E-state index contributed by atoms with van der Waals surface area (Å²) in [4.78, 5) is 13.8. The third-order valence-corrected chi connectivity index (χ3v) is 3.82. The molecule has 0 aromatic heterocycles. The summed E-state index contributed by atoms with van der Waals surface area (Å²) in [6.07, 6.45) is 6.13. The maximum Gasteiger partial charge on any atom is 0.223 e. The first kappa shape index (κ1) is 12.2. The summed E-state index contributed by atoms with van der Waals surface area (Å²) in [6.45, 7) is 2.51. The number of alkyl halides is 1. The van der Waals surface area contributed by atoms with E-state index < -0.39 is 0 Å². The molecule has 0 bridgehead atoms. The van der Waals surface area contributed by atoms with Crippen LogP contribution in [-0.2, 0) is 9.53 Å². The van der Waals surface area contributed by atoms with Crippen LogP contribution in [0.3, 0.4) is 0 Å². The van der Waals surface area contributed by atoms with Crippen LogP contribution in [0.5, 0.6) is 0 Å². The average Bonchev–Trinajstić information content (AvgIpc) is 2.30. The van der Waals surface area contributed by atoms with E-state index in [1.54, 1.807) is 0 Å². The number of rotatable bonds is 2. The number of piperidine rings is 1. The molecule has 2 saturated heterocycles. The van der Waals surface area contributed by atoms with Gasteiger partial charge in [-0.25, -0.2) is 0 Å². The van der Waals surface area contributed by atoms with Crippen molar-refractivity contribution in [1.29, 1.82) is 0 Å². The molecule has 3 nitrogen and oxygen atoms in total. The van der Waals surface area contributed by atoms with Crippen LogP contribution >= 0.6 is 11.6 Å². The monoisotopic (exact) mass is 245 g/mol. The normalized spacial score (nSPS) is 30.7. The zero-order valence-corrected chi connectivity index (χ0v) is 10.5. The maximum absolute atomic E-state index is 11.8. The van der Waals surface area contributed by atoms with E-state index in [-0.39, 0.29) is 11.5 Å². The highest BCUT2D eigenvalue weighted by Crippen LogP contribution is 2.33. The van der Waals surface area contributed by atoms with Crippen LogP contribution in [0.1, 0.15) is 38.5 Å². The van der Waals surface area contributed by atoms with Gasteiger partial charge >= 0.3 is 0 Å². The first-order valence-corrected chi connectivity index (χ1v) is 6.77. The molecule has 0 N–H and O–H groups in total. The molecule has 2 aliphatic heterocycles. The molecule has 1 spiro atoms. The molecule has 1 amide bonds. The van der Waals surface area contributed by atoms with Gasteiger partial charge in [0.05, 0.1) is 5.60 Å². The lowest BCUT2D eigenvalue weighted by molar-refractivity contribution is -0.148. The van der Waals surface area contributed by atoms with Crippen LogP contribution in [0.15, 0.2) is 0 Å². The molecule has 2 rings (SSSR count). The molecule has 0 aliphatic carbocycles. The fraction of sp³-hybridized carbons (Fsp3) is 0.917. The molecule has 2 aliphatic rings. The number of hydrogen-bond acceptors (Lipinski definition) is 2. The lowest BCUT2D eigenvalue weighted by Crippen LogP contribution is -2.53. The summed E-state index contributed by atoms with van der Waals surface area (Å²) >= 11 is 5.61. The SMILES string of the molecule is O=C(CCCl)N1CCC[C@]2(CCCCO2)C1. The highest BCUT2D eigenvalue weighted by atomic mass is 35.5. The molecule has 0 saturated carbocycles. The van der Waals surface area contributed by atoms with Crippen LogP contribution < -0.4 is 0 Å².